The molecule has 44 heavy (non-hydrogen) atoms. The first-order chi connectivity index (χ1) is 21.4. The van der Waals surface area contributed by atoms with Crippen LogP contribution in [0.4, 0.5) is 10.5 Å². The molecule has 1 fully saturated rings. The number of carbonyl (C=O) groups excluding carboxylic acids is 2. The van der Waals surface area contributed by atoms with Crippen LogP contribution in [0.1, 0.15) is 41.6 Å². The number of nitrogens with zero attached hydrogens (tertiary/aromatic N) is 2. The monoisotopic (exact) mass is 617 g/mol. The minimum absolute atomic E-state index is 0.00592. The summed E-state index contributed by atoms with van der Waals surface area (Å²) in [6.07, 6.45) is 0.538. The predicted octanol–water partition coefficient (Wildman–Crippen LogP) is 4.79. The number of amides is 2. The molecule has 11 nitrogen and oxygen atoms in total. The first-order valence-corrected chi connectivity index (χ1v) is 15.2. The van der Waals surface area contributed by atoms with Gasteiger partial charge in [-0.05, 0) is 28.8 Å². The Labute approximate surface area is 259 Å². The number of carbonyl (C=O) groups is 2. The van der Waals surface area contributed by atoms with E-state index in [1.807, 2.05) is 60.7 Å². The molecule has 0 aliphatic carbocycles. The van der Waals surface area contributed by atoms with Crippen LogP contribution >= 0.6 is 11.8 Å². The zero-order valence-corrected chi connectivity index (χ0v) is 25.2. The van der Waals surface area contributed by atoms with Crippen molar-refractivity contribution in [1.82, 2.24) is 20.5 Å². The standard InChI is InChI=1S/C32H35N5O6S/c1-20-27(18-44-32-33-19-34-37-32)42-30(43-28(20)23-13-11-22(17-38)12-14-23)24-9-6-10-25(16-24)35-31(40)36-26(29(39)41-2)15-21-7-4-3-5-8-21/h3-14,16,19-20,26-28,30,38H,15,17-18H2,1-2H3,(H,33,34,37)(H2,35,36,40)/t20-,26-,27+,28+,30+/m0/s1. The second-order valence-electron chi connectivity index (χ2n) is 10.4. The van der Waals surface area contributed by atoms with Crippen LogP contribution in [0.25, 0.3) is 0 Å². The van der Waals surface area contributed by atoms with Crippen LogP contribution in [-0.4, -0.2) is 57.3 Å². The number of aliphatic hydroxyl groups is 1. The van der Waals surface area contributed by atoms with E-state index in [0.29, 0.717) is 16.6 Å². The summed E-state index contributed by atoms with van der Waals surface area (Å²) in [6.45, 7) is 2.05. The fourth-order valence-electron chi connectivity index (χ4n) is 5.01. The third-order valence-corrected chi connectivity index (χ3v) is 8.36. The van der Waals surface area contributed by atoms with Crippen LogP contribution in [0.15, 0.2) is 90.3 Å². The smallest absolute Gasteiger partial charge is 0.328 e. The van der Waals surface area contributed by atoms with Gasteiger partial charge in [-0.25, -0.2) is 14.6 Å². The molecule has 5 rings (SSSR count). The molecule has 4 aromatic rings. The van der Waals surface area contributed by atoms with Crippen LogP contribution in [0.5, 0.6) is 0 Å². The minimum Gasteiger partial charge on any atom is -0.467 e. The molecule has 3 aromatic carbocycles. The maximum Gasteiger partial charge on any atom is 0.328 e. The molecule has 5 atom stereocenters. The minimum atomic E-state index is -0.863. The molecule has 1 aliphatic heterocycles. The van der Waals surface area contributed by atoms with Crippen molar-refractivity contribution in [2.45, 2.75) is 49.6 Å². The molecule has 2 heterocycles. The molecular formula is C32H35N5O6S. The quantitative estimate of drug-likeness (QED) is 0.138. The Kier molecular flexibility index (Phi) is 10.6. The molecule has 0 bridgehead atoms. The number of aliphatic hydroxyl groups excluding tert-OH is 1. The Hall–Kier alpha value is -4.23. The molecule has 0 spiro atoms. The van der Waals surface area contributed by atoms with Crippen molar-refractivity contribution in [3.8, 4) is 0 Å². The summed E-state index contributed by atoms with van der Waals surface area (Å²) in [4.78, 5) is 29.6. The molecule has 230 valence electrons. The maximum absolute atomic E-state index is 13.0. The average molecular weight is 618 g/mol. The molecule has 0 saturated carbocycles. The summed E-state index contributed by atoms with van der Waals surface area (Å²) >= 11 is 1.51. The lowest BCUT2D eigenvalue weighted by molar-refractivity contribution is -0.268. The highest BCUT2D eigenvalue weighted by Crippen LogP contribution is 2.43. The first-order valence-electron chi connectivity index (χ1n) is 14.2. The average Bonchev–Trinajstić information content (AvgIpc) is 3.58. The van der Waals surface area contributed by atoms with E-state index in [1.165, 1.54) is 25.2 Å². The highest BCUT2D eigenvalue weighted by molar-refractivity contribution is 7.99. The number of thioether (sulfide) groups is 1. The van der Waals surface area contributed by atoms with Gasteiger partial charge in [0, 0.05) is 29.3 Å². The van der Waals surface area contributed by atoms with E-state index >= 15 is 0 Å². The van der Waals surface area contributed by atoms with Gasteiger partial charge < -0.3 is 30.0 Å². The largest absolute Gasteiger partial charge is 0.467 e. The van der Waals surface area contributed by atoms with E-state index in [0.717, 1.165) is 22.3 Å². The van der Waals surface area contributed by atoms with E-state index in [2.05, 4.69) is 32.7 Å². The van der Waals surface area contributed by atoms with E-state index in [-0.39, 0.29) is 31.2 Å². The topological polar surface area (TPSA) is 148 Å². The third kappa shape index (κ3) is 8.03. The van der Waals surface area contributed by atoms with Crippen LogP contribution in [0.3, 0.4) is 0 Å². The second-order valence-corrected chi connectivity index (χ2v) is 11.4. The number of aromatic amines is 1. The molecule has 0 radical (unpaired) electrons. The van der Waals surface area contributed by atoms with E-state index in [4.69, 9.17) is 14.2 Å². The highest BCUT2D eigenvalue weighted by Gasteiger charge is 2.38. The van der Waals surface area contributed by atoms with Gasteiger partial charge in [-0.2, -0.15) is 5.10 Å². The number of anilines is 1. The third-order valence-electron chi connectivity index (χ3n) is 7.39. The molecule has 1 aromatic heterocycles. The van der Waals surface area contributed by atoms with Crippen molar-refractivity contribution < 1.29 is 28.9 Å². The molecule has 0 unspecified atom stereocenters. The Morgan fingerprint density at radius 1 is 1.02 bits per heavy atom. The molecule has 2 amide bonds. The van der Waals surface area contributed by atoms with Gasteiger partial charge >= 0.3 is 12.0 Å². The van der Waals surface area contributed by atoms with Gasteiger partial charge in [-0.3, -0.25) is 5.10 Å². The van der Waals surface area contributed by atoms with E-state index in [9.17, 15) is 14.7 Å². The second kappa shape index (κ2) is 15.0. The number of hydrogen-bond donors (Lipinski definition) is 4. The maximum atomic E-state index is 13.0. The summed E-state index contributed by atoms with van der Waals surface area (Å²) in [7, 11) is 1.29. The van der Waals surface area contributed by atoms with Gasteiger partial charge in [-0.1, -0.05) is 85.4 Å². The van der Waals surface area contributed by atoms with Gasteiger partial charge in [0.15, 0.2) is 11.4 Å². The number of hydrogen-bond acceptors (Lipinski definition) is 9. The molecule has 4 N–H and O–H groups in total. The highest BCUT2D eigenvalue weighted by atomic mass is 32.2. The van der Waals surface area contributed by atoms with E-state index < -0.39 is 24.3 Å². The molecule has 1 saturated heterocycles. The number of benzene rings is 3. The Bertz CT molecular complexity index is 1510. The lowest BCUT2D eigenvalue weighted by atomic mass is 9.91. The Morgan fingerprint density at radius 3 is 2.52 bits per heavy atom. The fraction of sp³-hybridized carbons (Fsp3) is 0.312. The number of urea groups is 1. The van der Waals surface area contributed by atoms with Crippen LogP contribution in [0, 0.1) is 5.92 Å². The van der Waals surface area contributed by atoms with Gasteiger partial charge in [0.1, 0.15) is 12.4 Å². The van der Waals surface area contributed by atoms with E-state index in [1.54, 1.807) is 18.2 Å². The van der Waals surface area contributed by atoms with Crippen molar-refractivity contribution in [2.24, 2.45) is 5.92 Å². The summed E-state index contributed by atoms with van der Waals surface area (Å²) in [5, 5.41) is 22.5. The van der Waals surface area contributed by atoms with Gasteiger partial charge in [-0.15, -0.1) is 0 Å². The summed E-state index contributed by atoms with van der Waals surface area (Å²) in [5.41, 5.74) is 3.90. The zero-order valence-electron chi connectivity index (χ0n) is 24.4. The summed E-state index contributed by atoms with van der Waals surface area (Å²) in [5.74, 6) is 0.0646. The Morgan fingerprint density at radius 2 is 1.82 bits per heavy atom. The normalized spacial score (nSPS) is 20.4. The van der Waals surface area contributed by atoms with Crippen molar-refractivity contribution in [2.75, 3.05) is 18.2 Å². The van der Waals surface area contributed by atoms with Crippen LogP contribution in [0.2, 0.25) is 0 Å². The Balaban J connectivity index is 1.31. The number of aromatic nitrogens is 3. The zero-order chi connectivity index (χ0) is 30.9. The van der Waals surface area contributed by atoms with Gasteiger partial charge in [0.2, 0.25) is 0 Å². The van der Waals surface area contributed by atoms with Crippen LogP contribution in [-0.2, 0) is 32.0 Å². The van der Waals surface area contributed by atoms with Crippen molar-refractivity contribution in [3.63, 3.8) is 0 Å². The van der Waals surface area contributed by atoms with Gasteiger partial charge in [0.05, 0.1) is 25.9 Å². The lowest BCUT2D eigenvalue weighted by Gasteiger charge is -2.41. The summed E-state index contributed by atoms with van der Waals surface area (Å²) < 4.78 is 17.9. The van der Waals surface area contributed by atoms with Crippen molar-refractivity contribution in [1.29, 1.82) is 0 Å². The summed E-state index contributed by atoms with van der Waals surface area (Å²) in [6, 6.07) is 22.9. The number of methoxy groups -OCH3 is 1. The SMILES string of the molecule is COC(=O)[C@H](Cc1ccccc1)NC(=O)Nc1cccc([C@@H]2O[C@H](CSc3ncn[nH]3)[C@H](C)[C@H](c3ccc(CO)cc3)O2)c1. The number of rotatable bonds is 11. The molecular weight excluding hydrogens is 582 g/mol. The van der Waals surface area contributed by atoms with Crippen molar-refractivity contribution in [3.05, 3.63) is 107 Å². The lowest BCUT2D eigenvalue weighted by Crippen LogP contribution is -2.45. The number of nitrogens with one attached hydrogen (secondary N) is 3. The number of H-pyrrole nitrogens is 1. The predicted molar refractivity (Wildman–Crippen MR) is 165 cm³/mol. The number of ether oxygens (including phenoxy) is 3. The molecule has 1 aliphatic rings. The van der Waals surface area contributed by atoms with Gasteiger partial charge in [0.25, 0.3) is 0 Å². The van der Waals surface area contributed by atoms with Crippen molar-refractivity contribution >= 4 is 29.4 Å². The first kappa shape index (κ1) is 31.2. The number of esters is 1. The molecule has 12 heteroatoms. The van der Waals surface area contributed by atoms with Crippen LogP contribution < -0.4 is 10.6 Å². The fourth-order valence-corrected chi connectivity index (χ4v) is 5.95.